The normalized spacial score (nSPS) is 15.4. The Labute approximate surface area is 133 Å². The van der Waals surface area contributed by atoms with Crippen molar-refractivity contribution in [1.29, 1.82) is 0 Å². The molecule has 1 unspecified atom stereocenters. The Morgan fingerprint density at radius 1 is 1.09 bits per heavy atom. The van der Waals surface area contributed by atoms with E-state index in [0.29, 0.717) is 12.5 Å². The van der Waals surface area contributed by atoms with Crippen molar-refractivity contribution in [3.63, 3.8) is 0 Å². The number of carboxylic acids is 1. The van der Waals surface area contributed by atoms with Gasteiger partial charge in [-0.25, -0.2) is 0 Å². The first-order chi connectivity index (χ1) is 9.96. The molecule has 0 aliphatic heterocycles. The minimum absolute atomic E-state index is 0.148. The molecule has 0 aromatic rings. The van der Waals surface area contributed by atoms with Crippen LogP contribution in [0.4, 0.5) is 0 Å². The van der Waals surface area contributed by atoms with Crippen molar-refractivity contribution >= 4 is 20.6 Å². The maximum absolute atomic E-state index is 12.1. The summed E-state index contributed by atoms with van der Waals surface area (Å²) >= 11 is 0. The molecule has 0 spiro atoms. The first-order valence-corrected chi connectivity index (χ1v) is 9.10. The van der Waals surface area contributed by atoms with Gasteiger partial charge in [0.25, 0.3) is 0 Å². The molecular formula is C14H29NO6Si. The van der Waals surface area contributed by atoms with Gasteiger partial charge in [0.15, 0.2) is 0 Å². The second kappa shape index (κ2) is 8.16. The second-order valence-corrected chi connectivity index (χ2v) is 9.55. The van der Waals surface area contributed by atoms with Crippen molar-refractivity contribution in [1.82, 2.24) is 0 Å². The van der Waals surface area contributed by atoms with E-state index in [-0.39, 0.29) is 18.6 Å². The highest BCUT2D eigenvalue weighted by molar-refractivity contribution is 6.60. The largest absolute Gasteiger partial charge is 0.500 e. The number of carbonyl (C=O) groups excluding carboxylic acids is 1. The van der Waals surface area contributed by atoms with Crippen LogP contribution in [-0.2, 0) is 22.9 Å². The summed E-state index contributed by atoms with van der Waals surface area (Å²) in [6, 6.07) is 0.437. The van der Waals surface area contributed by atoms with Crippen molar-refractivity contribution in [3.05, 3.63) is 0 Å². The minimum Gasteiger partial charge on any atom is -0.480 e. The molecular weight excluding hydrogens is 306 g/mol. The third-order valence-corrected chi connectivity index (χ3v) is 6.61. The summed E-state index contributed by atoms with van der Waals surface area (Å²) in [5.41, 5.74) is 3.76. The number of Topliss-reactive ketones (excluding diaryl/α,β-unsaturated/α-hetero) is 1. The van der Waals surface area contributed by atoms with Crippen LogP contribution in [0.1, 0.15) is 40.0 Å². The van der Waals surface area contributed by atoms with Crippen molar-refractivity contribution in [2.45, 2.75) is 51.6 Å². The van der Waals surface area contributed by atoms with Crippen LogP contribution in [0.25, 0.3) is 0 Å². The summed E-state index contributed by atoms with van der Waals surface area (Å²) < 4.78 is 15.9. The molecule has 0 aromatic heterocycles. The lowest BCUT2D eigenvalue weighted by atomic mass is 9.80. The van der Waals surface area contributed by atoms with Crippen molar-refractivity contribution in [3.8, 4) is 0 Å². The molecule has 8 heteroatoms. The molecule has 130 valence electrons. The Balaban J connectivity index is 4.86. The Morgan fingerprint density at radius 2 is 1.55 bits per heavy atom. The van der Waals surface area contributed by atoms with Gasteiger partial charge in [-0.05, 0) is 12.8 Å². The number of hydrogen-bond acceptors (Lipinski definition) is 6. The van der Waals surface area contributed by atoms with E-state index >= 15 is 0 Å². The summed E-state index contributed by atoms with van der Waals surface area (Å²) in [5, 5.41) is 9.39. The van der Waals surface area contributed by atoms with Gasteiger partial charge in [0.2, 0.25) is 0 Å². The van der Waals surface area contributed by atoms with Gasteiger partial charge < -0.3 is 24.1 Å². The topological polar surface area (TPSA) is 108 Å². The van der Waals surface area contributed by atoms with E-state index in [0.717, 1.165) is 0 Å². The third kappa shape index (κ3) is 5.77. The molecule has 0 fully saturated rings. The number of aliphatic carboxylic acids is 1. The molecule has 0 heterocycles. The molecule has 0 aliphatic carbocycles. The van der Waals surface area contributed by atoms with Crippen LogP contribution < -0.4 is 5.73 Å². The quantitative estimate of drug-likeness (QED) is 0.581. The number of hydrogen-bond donors (Lipinski definition) is 2. The van der Waals surface area contributed by atoms with Crippen molar-refractivity contribution in [2.24, 2.45) is 11.1 Å². The van der Waals surface area contributed by atoms with Crippen LogP contribution in [0, 0.1) is 5.41 Å². The monoisotopic (exact) mass is 335 g/mol. The first kappa shape index (κ1) is 21.2. The summed E-state index contributed by atoms with van der Waals surface area (Å²) in [6.07, 6.45) is 0.379. The molecule has 1 atom stereocenters. The molecule has 0 saturated heterocycles. The number of rotatable bonds is 10. The fraction of sp³-hybridized carbons (Fsp3) is 0.857. The molecule has 0 aromatic carbocycles. The van der Waals surface area contributed by atoms with Gasteiger partial charge in [0, 0.05) is 39.2 Å². The van der Waals surface area contributed by atoms with Crippen LogP contribution in [0.15, 0.2) is 0 Å². The maximum Gasteiger partial charge on any atom is 0.500 e. The number of ketones is 1. The van der Waals surface area contributed by atoms with Crippen molar-refractivity contribution < 1.29 is 28.0 Å². The minimum atomic E-state index is -2.76. The molecule has 0 radical (unpaired) electrons. The van der Waals surface area contributed by atoms with E-state index in [1.54, 1.807) is 20.8 Å². The van der Waals surface area contributed by atoms with Gasteiger partial charge in [-0.15, -0.1) is 0 Å². The highest BCUT2D eigenvalue weighted by Gasteiger charge is 2.42. The summed E-state index contributed by atoms with van der Waals surface area (Å²) in [4.78, 5) is 23.6. The van der Waals surface area contributed by atoms with Crippen LogP contribution >= 0.6 is 0 Å². The third-order valence-electron chi connectivity index (χ3n) is 3.78. The molecule has 22 heavy (non-hydrogen) atoms. The lowest BCUT2D eigenvalue weighted by molar-refractivity contribution is -0.146. The molecule has 0 aliphatic rings. The fourth-order valence-electron chi connectivity index (χ4n) is 2.00. The Kier molecular flexibility index (Phi) is 7.86. The Bertz CT molecular complexity index is 383. The summed E-state index contributed by atoms with van der Waals surface area (Å²) in [5.74, 6) is -1.35. The summed E-state index contributed by atoms with van der Waals surface area (Å²) in [7, 11) is 1.72. The molecule has 3 N–H and O–H groups in total. The van der Waals surface area contributed by atoms with Crippen LogP contribution in [-0.4, -0.2) is 52.5 Å². The number of carboxylic acid groups (broad SMARTS) is 1. The smallest absolute Gasteiger partial charge is 0.480 e. The first-order valence-electron chi connectivity index (χ1n) is 7.17. The van der Waals surface area contributed by atoms with E-state index < -0.39 is 25.7 Å². The van der Waals surface area contributed by atoms with Gasteiger partial charge >= 0.3 is 14.8 Å². The zero-order chi connectivity index (χ0) is 17.6. The van der Waals surface area contributed by atoms with Gasteiger partial charge in [-0.1, -0.05) is 20.8 Å². The van der Waals surface area contributed by atoms with E-state index in [4.69, 9.17) is 19.0 Å². The average molecular weight is 335 g/mol. The zero-order valence-electron chi connectivity index (χ0n) is 14.4. The average Bonchev–Trinajstić information content (AvgIpc) is 2.43. The van der Waals surface area contributed by atoms with Gasteiger partial charge in [-0.3, -0.25) is 9.59 Å². The molecule has 0 saturated carbocycles. The second-order valence-electron chi connectivity index (χ2n) is 6.46. The van der Waals surface area contributed by atoms with Gasteiger partial charge in [0.1, 0.15) is 11.3 Å². The molecule has 0 bridgehead atoms. The SMILES string of the molecule is CO[Si](CCCC(N)(CC(=O)C(C)(C)C)C(=O)O)(OC)OC. The highest BCUT2D eigenvalue weighted by atomic mass is 28.4. The predicted octanol–water partition coefficient (Wildman–Crippen LogP) is 1.43. The lowest BCUT2D eigenvalue weighted by Crippen LogP contribution is -2.51. The summed E-state index contributed by atoms with van der Waals surface area (Å²) in [6.45, 7) is 5.24. The number of nitrogens with two attached hydrogens (primary N) is 1. The fourth-order valence-corrected chi connectivity index (χ4v) is 3.72. The van der Waals surface area contributed by atoms with Crippen LogP contribution in [0.3, 0.4) is 0 Å². The predicted molar refractivity (Wildman–Crippen MR) is 84.5 cm³/mol. The van der Waals surface area contributed by atoms with Crippen molar-refractivity contribution in [2.75, 3.05) is 21.3 Å². The van der Waals surface area contributed by atoms with E-state index in [1.165, 1.54) is 21.3 Å². The Hall–Kier alpha value is -0.803. The maximum atomic E-state index is 12.1. The van der Waals surface area contributed by atoms with E-state index in [9.17, 15) is 14.7 Å². The highest BCUT2D eigenvalue weighted by Crippen LogP contribution is 2.26. The van der Waals surface area contributed by atoms with E-state index in [2.05, 4.69) is 0 Å². The van der Waals surface area contributed by atoms with Crippen LogP contribution in [0.5, 0.6) is 0 Å². The zero-order valence-corrected chi connectivity index (χ0v) is 15.4. The molecule has 0 rings (SSSR count). The molecule has 7 nitrogen and oxygen atoms in total. The van der Waals surface area contributed by atoms with E-state index in [1.807, 2.05) is 0 Å². The standard InChI is InChI=1S/C14H29NO6Si/c1-13(2,3)11(16)10-14(15,12(17)18)8-7-9-22(19-4,20-5)21-6/h7-10,15H2,1-6H3,(H,17,18). The Morgan fingerprint density at radius 3 is 1.86 bits per heavy atom. The lowest BCUT2D eigenvalue weighted by Gasteiger charge is -2.29. The van der Waals surface area contributed by atoms with Gasteiger partial charge in [0.05, 0.1) is 0 Å². The number of carbonyl (C=O) groups is 2. The van der Waals surface area contributed by atoms with Gasteiger partial charge in [-0.2, -0.15) is 0 Å². The van der Waals surface area contributed by atoms with Crippen LogP contribution in [0.2, 0.25) is 6.04 Å². The molecule has 0 amide bonds.